The van der Waals surface area contributed by atoms with Crippen molar-refractivity contribution in [1.29, 1.82) is 0 Å². The fraction of sp³-hybridized carbons (Fsp3) is 0.143. The number of hydrogen-bond acceptors (Lipinski definition) is 5. The molecule has 164 valence electrons. The number of alkyl halides is 3. The van der Waals surface area contributed by atoms with E-state index in [0.717, 1.165) is 18.0 Å². The summed E-state index contributed by atoms with van der Waals surface area (Å²) in [5.74, 6) is 0.849. The van der Waals surface area contributed by atoms with E-state index in [-0.39, 0.29) is 0 Å². The number of anilines is 1. The number of hydrogen-bond donors (Lipinski definition) is 2. The van der Waals surface area contributed by atoms with Crippen molar-refractivity contribution in [3.8, 4) is 22.5 Å². The first-order valence-corrected chi connectivity index (χ1v) is 10.1. The molecular weight excluding hydrogens is 464 g/mol. The van der Waals surface area contributed by atoms with Crippen LogP contribution in [0.15, 0.2) is 55.2 Å². The number of rotatable bonds is 6. The molecule has 0 fully saturated rings. The molecule has 0 aliphatic rings. The van der Waals surface area contributed by atoms with E-state index < -0.39 is 11.7 Å². The lowest BCUT2D eigenvalue weighted by molar-refractivity contribution is -0.137. The van der Waals surface area contributed by atoms with E-state index in [9.17, 15) is 13.2 Å². The Labute approximate surface area is 190 Å². The highest BCUT2D eigenvalue weighted by molar-refractivity contribution is 6.36. The summed E-state index contributed by atoms with van der Waals surface area (Å²) in [7, 11) is 0. The molecule has 4 aromatic rings. The van der Waals surface area contributed by atoms with E-state index in [0.29, 0.717) is 51.5 Å². The molecule has 0 aliphatic heterocycles. The van der Waals surface area contributed by atoms with Gasteiger partial charge < -0.3 is 10.3 Å². The van der Waals surface area contributed by atoms with Gasteiger partial charge in [-0.3, -0.25) is 0 Å². The number of H-pyrrole nitrogens is 1. The van der Waals surface area contributed by atoms with Gasteiger partial charge in [-0.25, -0.2) is 19.9 Å². The predicted octanol–water partition coefficient (Wildman–Crippen LogP) is 5.91. The smallest absolute Gasteiger partial charge is 0.370 e. The molecule has 4 rings (SSSR count). The molecule has 32 heavy (non-hydrogen) atoms. The van der Waals surface area contributed by atoms with Gasteiger partial charge in [0.1, 0.15) is 11.6 Å². The summed E-state index contributed by atoms with van der Waals surface area (Å²) in [4.78, 5) is 20.0. The molecule has 2 N–H and O–H groups in total. The van der Waals surface area contributed by atoms with Crippen molar-refractivity contribution in [2.75, 3.05) is 11.9 Å². The van der Waals surface area contributed by atoms with Crippen molar-refractivity contribution in [1.82, 2.24) is 24.9 Å². The molecule has 0 amide bonds. The minimum absolute atomic E-state index is 0.327. The van der Waals surface area contributed by atoms with Gasteiger partial charge in [-0.2, -0.15) is 13.2 Å². The van der Waals surface area contributed by atoms with Crippen LogP contribution < -0.4 is 5.32 Å². The van der Waals surface area contributed by atoms with Crippen molar-refractivity contribution in [2.45, 2.75) is 12.6 Å². The second-order valence-electron chi connectivity index (χ2n) is 6.74. The lowest BCUT2D eigenvalue weighted by Crippen LogP contribution is -2.11. The van der Waals surface area contributed by atoms with Crippen molar-refractivity contribution in [3.05, 3.63) is 76.7 Å². The maximum Gasteiger partial charge on any atom is 0.417 e. The van der Waals surface area contributed by atoms with Gasteiger partial charge in [-0.1, -0.05) is 23.2 Å². The van der Waals surface area contributed by atoms with E-state index >= 15 is 0 Å². The van der Waals surface area contributed by atoms with Crippen LogP contribution in [-0.4, -0.2) is 31.5 Å². The van der Waals surface area contributed by atoms with Gasteiger partial charge >= 0.3 is 6.18 Å². The number of benzene rings is 1. The summed E-state index contributed by atoms with van der Waals surface area (Å²) in [6.45, 7) is 0.371. The maximum absolute atomic E-state index is 12.7. The van der Waals surface area contributed by atoms with Gasteiger partial charge in [0.25, 0.3) is 0 Å². The molecule has 6 nitrogen and oxygen atoms in total. The molecule has 0 radical (unpaired) electrons. The van der Waals surface area contributed by atoms with Crippen LogP contribution >= 0.6 is 23.2 Å². The zero-order valence-electron chi connectivity index (χ0n) is 16.3. The largest absolute Gasteiger partial charge is 0.417 e. The zero-order valence-corrected chi connectivity index (χ0v) is 17.8. The van der Waals surface area contributed by atoms with Gasteiger partial charge in [0.2, 0.25) is 0 Å². The van der Waals surface area contributed by atoms with Crippen LogP contribution in [-0.2, 0) is 12.6 Å². The molecule has 0 atom stereocenters. The third kappa shape index (κ3) is 5.00. The summed E-state index contributed by atoms with van der Waals surface area (Å²) in [5, 5.41) is 3.92. The Hall–Kier alpha value is -3.17. The predicted molar refractivity (Wildman–Crippen MR) is 117 cm³/mol. The topological polar surface area (TPSA) is 79.4 Å². The van der Waals surface area contributed by atoms with Crippen LogP contribution in [0.25, 0.3) is 22.5 Å². The number of halogens is 5. The normalized spacial score (nSPS) is 11.5. The molecule has 0 unspecified atom stereocenters. The first-order chi connectivity index (χ1) is 15.3. The summed E-state index contributed by atoms with van der Waals surface area (Å²) in [5.41, 5.74) is 1.93. The lowest BCUT2D eigenvalue weighted by atomic mass is 10.0. The summed E-state index contributed by atoms with van der Waals surface area (Å²) < 4.78 is 38.0. The average Bonchev–Trinajstić information content (AvgIpc) is 3.28. The van der Waals surface area contributed by atoms with Crippen LogP contribution in [0.1, 0.15) is 11.4 Å². The van der Waals surface area contributed by atoms with E-state index in [1.807, 2.05) is 0 Å². The molecule has 0 spiro atoms. The van der Waals surface area contributed by atoms with E-state index in [4.69, 9.17) is 23.2 Å². The van der Waals surface area contributed by atoms with E-state index in [2.05, 4.69) is 30.2 Å². The molecular formula is C21H15Cl2F3N6. The quantitative estimate of drug-likeness (QED) is 0.360. The Morgan fingerprint density at radius 3 is 2.47 bits per heavy atom. The minimum Gasteiger partial charge on any atom is -0.370 e. The van der Waals surface area contributed by atoms with Gasteiger partial charge in [0.05, 0.1) is 34.5 Å². The Bertz CT molecular complexity index is 1210. The number of nitrogens with zero attached hydrogens (tertiary/aromatic N) is 4. The Kier molecular flexibility index (Phi) is 6.29. The standard InChI is InChI=1S/C21H15Cl2F3N6/c22-13-2-3-14(16(23)7-13)20-15(17-10-27-11-31-17)9-30-19(32-20)5-6-28-18-4-1-12(8-29-18)21(24,25)26/h1-4,7-11H,5-6H2,(H,27,31)(H,28,29). The van der Waals surface area contributed by atoms with Crippen LogP contribution in [0, 0.1) is 0 Å². The number of imidazole rings is 1. The van der Waals surface area contributed by atoms with Crippen molar-refractivity contribution in [2.24, 2.45) is 0 Å². The molecule has 0 saturated heterocycles. The fourth-order valence-electron chi connectivity index (χ4n) is 2.99. The second-order valence-corrected chi connectivity index (χ2v) is 7.59. The third-order valence-electron chi connectivity index (χ3n) is 4.56. The Morgan fingerprint density at radius 1 is 0.969 bits per heavy atom. The van der Waals surface area contributed by atoms with Gasteiger partial charge in [0.15, 0.2) is 0 Å². The average molecular weight is 479 g/mol. The van der Waals surface area contributed by atoms with Crippen LogP contribution in [0.3, 0.4) is 0 Å². The first kappa shape index (κ1) is 22.0. The first-order valence-electron chi connectivity index (χ1n) is 9.38. The SMILES string of the molecule is FC(F)(F)c1ccc(NCCc2ncc(-c3cnc[nH]3)c(-c3ccc(Cl)cc3Cl)n2)nc1. The molecule has 1 aromatic carbocycles. The van der Waals surface area contributed by atoms with E-state index in [1.54, 1.807) is 36.9 Å². The highest BCUT2D eigenvalue weighted by Crippen LogP contribution is 2.35. The lowest BCUT2D eigenvalue weighted by Gasteiger charge is -2.12. The minimum atomic E-state index is -4.42. The molecule has 11 heteroatoms. The van der Waals surface area contributed by atoms with Gasteiger partial charge in [-0.05, 0) is 30.3 Å². The fourth-order valence-corrected chi connectivity index (χ4v) is 3.49. The highest BCUT2D eigenvalue weighted by atomic mass is 35.5. The van der Waals surface area contributed by atoms with Crippen molar-refractivity contribution < 1.29 is 13.2 Å². The summed E-state index contributed by atoms with van der Waals surface area (Å²) in [6, 6.07) is 7.39. The van der Waals surface area contributed by atoms with Crippen molar-refractivity contribution in [3.63, 3.8) is 0 Å². The maximum atomic E-state index is 12.7. The van der Waals surface area contributed by atoms with Crippen LogP contribution in [0.2, 0.25) is 10.0 Å². The van der Waals surface area contributed by atoms with Crippen LogP contribution in [0.4, 0.5) is 19.0 Å². The summed E-state index contributed by atoms with van der Waals surface area (Å²) >= 11 is 12.4. The number of nitrogens with one attached hydrogen (secondary N) is 2. The van der Waals surface area contributed by atoms with Gasteiger partial charge in [-0.15, -0.1) is 0 Å². The summed E-state index contributed by atoms with van der Waals surface area (Å²) in [6.07, 6.45) is 1.66. The van der Waals surface area contributed by atoms with Gasteiger partial charge in [0, 0.05) is 41.5 Å². The number of pyridine rings is 1. The number of aromatic amines is 1. The molecule has 0 bridgehead atoms. The molecule has 0 aliphatic carbocycles. The molecule has 3 heterocycles. The third-order valence-corrected chi connectivity index (χ3v) is 5.11. The van der Waals surface area contributed by atoms with Crippen LogP contribution in [0.5, 0.6) is 0 Å². The molecule has 0 saturated carbocycles. The monoisotopic (exact) mass is 478 g/mol. The molecule has 3 aromatic heterocycles. The Balaban J connectivity index is 1.55. The number of aromatic nitrogens is 5. The second kappa shape index (κ2) is 9.13. The van der Waals surface area contributed by atoms with E-state index in [1.165, 1.54) is 6.07 Å². The Morgan fingerprint density at radius 2 is 1.81 bits per heavy atom. The zero-order chi connectivity index (χ0) is 22.7. The highest BCUT2D eigenvalue weighted by Gasteiger charge is 2.30. The van der Waals surface area contributed by atoms with Crippen molar-refractivity contribution >= 4 is 29.0 Å².